The van der Waals surface area contributed by atoms with Gasteiger partial charge in [0.2, 0.25) is 0 Å². The zero-order valence-electron chi connectivity index (χ0n) is 13.2. The molecule has 0 fully saturated rings. The third-order valence-corrected chi connectivity index (χ3v) is 3.86. The van der Waals surface area contributed by atoms with Gasteiger partial charge < -0.3 is 10.3 Å². The Bertz CT molecular complexity index is 811. The molecule has 118 valence electrons. The van der Waals surface area contributed by atoms with Crippen molar-refractivity contribution in [3.8, 4) is 11.3 Å². The molecule has 3 rings (SSSR count). The Morgan fingerprint density at radius 1 is 1.30 bits per heavy atom. The molecule has 0 amide bonds. The minimum Gasteiger partial charge on any atom is -0.384 e. The molecule has 6 nitrogen and oxygen atoms in total. The highest BCUT2D eigenvalue weighted by atomic mass is 15.2. The average Bonchev–Trinajstić information content (AvgIpc) is 2.85. The molecule has 6 heteroatoms. The molecule has 1 aliphatic rings. The predicted octanol–water partition coefficient (Wildman–Crippen LogP) is 1.87. The summed E-state index contributed by atoms with van der Waals surface area (Å²) in [6, 6.07) is 11.8. The number of nitrogens with two attached hydrogens (primary N) is 2. The van der Waals surface area contributed by atoms with Gasteiger partial charge in [-0.3, -0.25) is 16.1 Å². The van der Waals surface area contributed by atoms with E-state index in [1.165, 1.54) is 0 Å². The first-order chi connectivity index (χ1) is 10.9. The maximum Gasteiger partial charge on any atom is 0.199 e. The molecular weight excluding hydrogens is 288 g/mol. The van der Waals surface area contributed by atoms with Crippen LogP contribution >= 0.6 is 0 Å². The molecule has 1 atom stereocenters. The number of aromatic nitrogens is 1. The Morgan fingerprint density at radius 2 is 2.00 bits per heavy atom. The summed E-state index contributed by atoms with van der Waals surface area (Å²) in [6.45, 7) is 1.76. The predicted molar refractivity (Wildman–Crippen MR) is 94.1 cm³/mol. The van der Waals surface area contributed by atoms with Crippen molar-refractivity contribution in [2.45, 2.75) is 19.1 Å². The van der Waals surface area contributed by atoms with Gasteiger partial charge in [0, 0.05) is 25.2 Å². The SMILES string of the molecule is Cn1c(C2=NC(C)(N)N=CC2)cc(C(=N)N)c1-c1ccccc1. The molecule has 5 N–H and O–H groups in total. The molecule has 0 saturated heterocycles. The molecular formula is C17H20N6. The molecule has 2 aromatic rings. The monoisotopic (exact) mass is 308 g/mol. The Morgan fingerprint density at radius 3 is 2.61 bits per heavy atom. The van der Waals surface area contributed by atoms with Crippen molar-refractivity contribution in [3.05, 3.63) is 47.7 Å². The lowest BCUT2D eigenvalue weighted by Gasteiger charge is -2.21. The summed E-state index contributed by atoms with van der Waals surface area (Å²) < 4.78 is 2.01. The molecule has 1 aromatic heterocycles. The molecule has 23 heavy (non-hydrogen) atoms. The summed E-state index contributed by atoms with van der Waals surface area (Å²) in [5.41, 5.74) is 16.1. The third-order valence-electron chi connectivity index (χ3n) is 3.86. The van der Waals surface area contributed by atoms with Crippen LogP contribution in [0.25, 0.3) is 11.3 Å². The Labute approximate surface area is 135 Å². The van der Waals surface area contributed by atoms with Gasteiger partial charge in [0.25, 0.3) is 0 Å². The summed E-state index contributed by atoms with van der Waals surface area (Å²) in [7, 11) is 1.95. The molecule has 0 radical (unpaired) electrons. The Hall–Kier alpha value is -2.73. The first-order valence-corrected chi connectivity index (χ1v) is 7.40. The summed E-state index contributed by atoms with van der Waals surface area (Å²) in [5, 5.41) is 7.90. The van der Waals surface area contributed by atoms with Gasteiger partial charge in [0.1, 0.15) is 5.84 Å². The van der Waals surface area contributed by atoms with Gasteiger partial charge in [-0.15, -0.1) is 0 Å². The summed E-state index contributed by atoms with van der Waals surface area (Å²) in [4.78, 5) is 8.70. The zero-order chi connectivity index (χ0) is 16.6. The van der Waals surface area contributed by atoms with E-state index in [2.05, 4.69) is 9.98 Å². The fourth-order valence-corrected chi connectivity index (χ4v) is 2.86. The lowest BCUT2D eigenvalue weighted by molar-refractivity contribution is 0.518. The van der Waals surface area contributed by atoms with Crippen LogP contribution in [0, 0.1) is 5.41 Å². The van der Waals surface area contributed by atoms with E-state index in [0.717, 1.165) is 22.7 Å². The van der Waals surface area contributed by atoms with Crippen LogP contribution in [0.2, 0.25) is 0 Å². The quantitative estimate of drug-likeness (QED) is 0.595. The normalized spacial score (nSPS) is 20.4. The third kappa shape index (κ3) is 2.80. The van der Waals surface area contributed by atoms with E-state index in [9.17, 15) is 0 Å². The second-order valence-corrected chi connectivity index (χ2v) is 5.80. The fourth-order valence-electron chi connectivity index (χ4n) is 2.86. The molecule has 1 aromatic carbocycles. The number of hydrogen-bond acceptors (Lipinski definition) is 4. The molecule has 2 heterocycles. The number of nitrogens with zero attached hydrogens (tertiary/aromatic N) is 3. The summed E-state index contributed by atoms with van der Waals surface area (Å²) in [5.74, 6) is -0.910. The van der Waals surface area contributed by atoms with Gasteiger partial charge in [0.15, 0.2) is 5.79 Å². The maximum absolute atomic E-state index is 7.90. The van der Waals surface area contributed by atoms with E-state index in [0.29, 0.717) is 12.0 Å². The Balaban J connectivity index is 2.18. The van der Waals surface area contributed by atoms with Crippen LogP contribution in [0.5, 0.6) is 0 Å². The van der Waals surface area contributed by atoms with Crippen molar-refractivity contribution < 1.29 is 0 Å². The minimum atomic E-state index is -0.943. The van der Waals surface area contributed by atoms with Crippen LogP contribution < -0.4 is 11.5 Å². The zero-order valence-corrected chi connectivity index (χ0v) is 13.2. The standard InChI is InChI=1S/C17H20N6/c1-17(20)21-9-8-13(22-17)14-10-12(16(18)19)15(23(14)2)11-6-4-3-5-7-11/h3-7,9-10H,8,20H2,1-2H3,(H3,18,19). The van der Waals surface area contributed by atoms with Gasteiger partial charge in [-0.25, -0.2) is 4.99 Å². The molecule has 1 unspecified atom stereocenters. The second-order valence-electron chi connectivity index (χ2n) is 5.80. The maximum atomic E-state index is 7.90. The number of nitrogens with one attached hydrogen (secondary N) is 1. The van der Waals surface area contributed by atoms with Gasteiger partial charge in [-0.05, 0) is 18.6 Å². The first kappa shape index (κ1) is 15.2. The summed E-state index contributed by atoms with van der Waals surface area (Å²) in [6.07, 6.45) is 2.39. The number of benzene rings is 1. The van der Waals surface area contributed by atoms with Gasteiger partial charge in [-0.1, -0.05) is 30.3 Å². The van der Waals surface area contributed by atoms with Crippen LogP contribution in [-0.2, 0) is 7.05 Å². The Kier molecular flexibility index (Phi) is 3.61. The van der Waals surface area contributed by atoms with Crippen LogP contribution in [0.15, 0.2) is 46.4 Å². The van der Waals surface area contributed by atoms with Crippen LogP contribution in [0.3, 0.4) is 0 Å². The highest BCUT2D eigenvalue weighted by Crippen LogP contribution is 2.28. The van der Waals surface area contributed by atoms with Crippen LogP contribution in [-0.4, -0.2) is 28.1 Å². The topological polar surface area (TPSA) is 106 Å². The highest BCUT2D eigenvalue weighted by Gasteiger charge is 2.24. The number of hydrogen-bond donors (Lipinski definition) is 3. The van der Waals surface area contributed by atoms with Crippen molar-refractivity contribution >= 4 is 17.8 Å². The van der Waals surface area contributed by atoms with E-state index in [4.69, 9.17) is 16.9 Å². The molecule has 0 bridgehead atoms. The summed E-state index contributed by atoms with van der Waals surface area (Å²) >= 11 is 0. The number of amidine groups is 1. The van der Waals surface area contributed by atoms with E-state index in [-0.39, 0.29) is 5.84 Å². The molecule has 0 spiro atoms. The first-order valence-electron chi connectivity index (χ1n) is 7.40. The van der Waals surface area contributed by atoms with E-state index in [1.54, 1.807) is 13.1 Å². The van der Waals surface area contributed by atoms with Crippen molar-refractivity contribution in [2.75, 3.05) is 0 Å². The van der Waals surface area contributed by atoms with Gasteiger partial charge >= 0.3 is 0 Å². The lowest BCUT2D eigenvalue weighted by atomic mass is 10.1. The smallest absolute Gasteiger partial charge is 0.199 e. The fraction of sp³-hybridized carbons (Fsp3) is 0.235. The van der Waals surface area contributed by atoms with Crippen LogP contribution in [0.4, 0.5) is 0 Å². The number of aliphatic imine (C=N–C) groups is 2. The van der Waals surface area contributed by atoms with Crippen molar-refractivity contribution in [1.29, 1.82) is 5.41 Å². The second kappa shape index (κ2) is 5.48. The largest absolute Gasteiger partial charge is 0.384 e. The molecule has 0 aliphatic carbocycles. The molecule has 0 saturated carbocycles. The number of nitrogen functional groups attached to an aromatic ring is 1. The van der Waals surface area contributed by atoms with Crippen molar-refractivity contribution in [2.24, 2.45) is 28.5 Å². The van der Waals surface area contributed by atoms with Gasteiger partial charge in [-0.2, -0.15) is 0 Å². The van der Waals surface area contributed by atoms with E-state index >= 15 is 0 Å². The van der Waals surface area contributed by atoms with Crippen molar-refractivity contribution in [3.63, 3.8) is 0 Å². The highest BCUT2D eigenvalue weighted by molar-refractivity contribution is 6.11. The van der Waals surface area contributed by atoms with E-state index in [1.807, 2.05) is 48.0 Å². The van der Waals surface area contributed by atoms with Crippen molar-refractivity contribution in [1.82, 2.24) is 4.57 Å². The average molecular weight is 308 g/mol. The van der Waals surface area contributed by atoms with Gasteiger partial charge in [0.05, 0.1) is 17.1 Å². The van der Waals surface area contributed by atoms with Crippen LogP contribution in [0.1, 0.15) is 24.6 Å². The lowest BCUT2D eigenvalue weighted by Crippen LogP contribution is -2.35. The van der Waals surface area contributed by atoms with E-state index < -0.39 is 5.79 Å². The minimum absolute atomic E-state index is 0.0336. The molecule has 1 aliphatic heterocycles. The number of rotatable bonds is 3.